The number of rotatable bonds is 4. The summed E-state index contributed by atoms with van der Waals surface area (Å²) in [6.45, 7) is 0. The number of halogens is 1. The van der Waals surface area contributed by atoms with Gasteiger partial charge in [-0.3, -0.25) is 14.9 Å². The second-order valence-corrected chi connectivity index (χ2v) is 4.22. The number of nitriles is 1. The van der Waals surface area contributed by atoms with Crippen LogP contribution in [0.4, 0.5) is 10.1 Å². The lowest BCUT2D eigenvalue weighted by molar-refractivity contribution is -0.385. The van der Waals surface area contributed by atoms with Crippen LogP contribution in [0.2, 0.25) is 0 Å². The molecule has 0 N–H and O–H groups in total. The van der Waals surface area contributed by atoms with Gasteiger partial charge in [-0.05, 0) is 12.1 Å². The molecule has 0 saturated carbocycles. The normalized spacial score (nSPS) is 11.4. The van der Waals surface area contributed by atoms with Crippen molar-refractivity contribution in [3.8, 4) is 6.07 Å². The second kappa shape index (κ2) is 5.92. The largest absolute Gasteiger partial charge is 0.292 e. The van der Waals surface area contributed by atoms with E-state index < -0.39 is 28.1 Å². The van der Waals surface area contributed by atoms with Crippen molar-refractivity contribution in [2.24, 2.45) is 0 Å². The number of hydrogen-bond acceptors (Lipinski definition) is 4. The highest BCUT2D eigenvalue weighted by Gasteiger charge is 2.29. The molecule has 0 aromatic heterocycles. The van der Waals surface area contributed by atoms with Crippen molar-refractivity contribution in [2.45, 2.75) is 5.92 Å². The van der Waals surface area contributed by atoms with Crippen LogP contribution in [0.15, 0.2) is 48.5 Å². The van der Waals surface area contributed by atoms with E-state index in [1.807, 2.05) is 0 Å². The number of nitro groups is 1. The van der Waals surface area contributed by atoms with Gasteiger partial charge in [-0.1, -0.05) is 30.3 Å². The predicted octanol–water partition coefficient (Wildman–Crippen LogP) is 3.22. The number of nitrogens with zero attached hydrogens (tertiary/aromatic N) is 2. The summed E-state index contributed by atoms with van der Waals surface area (Å²) in [5, 5.41) is 20.1. The maximum Gasteiger partial charge on any atom is 0.280 e. The molecule has 0 aliphatic rings. The van der Waals surface area contributed by atoms with Gasteiger partial charge in [0.1, 0.15) is 11.7 Å². The van der Waals surface area contributed by atoms with Crippen molar-refractivity contribution in [2.75, 3.05) is 0 Å². The maximum atomic E-state index is 13.7. The van der Waals surface area contributed by atoms with Crippen LogP contribution in [0.5, 0.6) is 0 Å². The van der Waals surface area contributed by atoms with Gasteiger partial charge in [0.05, 0.1) is 16.6 Å². The molecule has 2 aromatic rings. The minimum Gasteiger partial charge on any atom is -0.292 e. The van der Waals surface area contributed by atoms with E-state index in [4.69, 9.17) is 5.26 Å². The zero-order valence-corrected chi connectivity index (χ0v) is 10.7. The molecular formula is C15H9FN2O3. The van der Waals surface area contributed by atoms with Gasteiger partial charge in [0, 0.05) is 11.6 Å². The molecule has 0 spiro atoms. The number of benzene rings is 2. The monoisotopic (exact) mass is 284 g/mol. The van der Waals surface area contributed by atoms with Crippen molar-refractivity contribution in [3.05, 3.63) is 75.6 Å². The molecule has 1 unspecified atom stereocenters. The Morgan fingerprint density at radius 2 is 1.81 bits per heavy atom. The Morgan fingerprint density at radius 1 is 1.19 bits per heavy atom. The molecule has 2 rings (SSSR count). The Bertz CT molecular complexity index is 753. The number of ketones is 1. The molecule has 0 heterocycles. The molecule has 2 aromatic carbocycles. The Morgan fingerprint density at radius 3 is 2.43 bits per heavy atom. The Balaban J connectivity index is 2.51. The van der Waals surface area contributed by atoms with E-state index in [9.17, 15) is 19.3 Å². The third kappa shape index (κ3) is 2.77. The lowest BCUT2D eigenvalue weighted by Gasteiger charge is -2.09. The third-order valence-electron chi connectivity index (χ3n) is 2.97. The molecule has 0 saturated heterocycles. The molecule has 21 heavy (non-hydrogen) atoms. The Kier molecular flexibility index (Phi) is 4.05. The van der Waals surface area contributed by atoms with Crippen molar-refractivity contribution in [1.29, 1.82) is 5.26 Å². The fourth-order valence-electron chi connectivity index (χ4n) is 1.98. The van der Waals surface area contributed by atoms with Crippen LogP contribution < -0.4 is 0 Å². The fourth-order valence-corrected chi connectivity index (χ4v) is 1.98. The van der Waals surface area contributed by atoms with Gasteiger partial charge in [-0.15, -0.1) is 0 Å². The van der Waals surface area contributed by atoms with Gasteiger partial charge < -0.3 is 0 Å². The van der Waals surface area contributed by atoms with Crippen molar-refractivity contribution in [3.63, 3.8) is 0 Å². The molecule has 5 nitrogen and oxygen atoms in total. The molecular weight excluding hydrogens is 275 g/mol. The van der Waals surface area contributed by atoms with Gasteiger partial charge in [0.2, 0.25) is 0 Å². The zero-order valence-electron chi connectivity index (χ0n) is 10.7. The van der Waals surface area contributed by atoms with E-state index in [1.54, 1.807) is 6.07 Å². The summed E-state index contributed by atoms with van der Waals surface area (Å²) in [7, 11) is 0. The van der Waals surface area contributed by atoms with Crippen LogP contribution in [0.3, 0.4) is 0 Å². The number of carbonyl (C=O) groups is 1. The highest BCUT2D eigenvalue weighted by atomic mass is 19.1. The van der Waals surface area contributed by atoms with Crippen molar-refractivity contribution >= 4 is 11.5 Å². The minimum atomic E-state index is -1.42. The molecule has 0 radical (unpaired) electrons. The third-order valence-corrected chi connectivity index (χ3v) is 2.97. The summed E-state index contributed by atoms with van der Waals surface area (Å²) < 4.78 is 13.7. The van der Waals surface area contributed by atoms with Crippen LogP contribution in [-0.4, -0.2) is 10.7 Å². The van der Waals surface area contributed by atoms with E-state index in [0.717, 1.165) is 6.07 Å². The van der Waals surface area contributed by atoms with Gasteiger partial charge in [-0.25, -0.2) is 4.39 Å². The highest BCUT2D eigenvalue weighted by Crippen LogP contribution is 2.27. The summed E-state index contributed by atoms with van der Waals surface area (Å²) in [5.74, 6) is -2.92. The molecule has 0 fully saturated rings. The topological polar surface area (TPSA) is 84.0 Å². The average molecular weight is 284 g/mol. The van der Waals surface area contributed by atoms with Crippen LogP contribution in [0.1, 0.15) is 21.8 Å². The van der Waals surface area contributed by atoms with Crippen molar-refractivity contribution in [1.82, 2.24) is 0 Å². The second-order valence-electron chi connectivity index (χ2n) is 4.22. The summed E-state index contributed by atoms with van der Waals surface area (Å²) >= 11 is 0. The van der Waals surface area contributed by atoms with Crippen LogP contribution in [-0.2, 0) is 0 Å². The Hall–Kier alpha value is -3.07. The minimum absolute atomic E-state index is 0.0943. The van der Waals surface area contributed by atoms with Crippen molar-refractivity contribution < 1.29 is 14.1 Å². The first-order valence-corrected chi connectivity index (χ1v) is 5.98. The summed E-state index contributed by atoms with van der Waals surface area (Å²) in [6, 6.07) is 12.4. The molecule has 0 amide bonds. The standard InChI is InChI=1S/C15H9FN2O3/c16-13-7-3-1-5-10(13)12(9-17)15(19)11-6-2-4-8-14(11)18(20)21/h1-8,12H. The number of hydrogen-bond donors (Lipinski definition) is 0. The first-order valence-electron chi connectivity index (χ1n) is 5.98. The SMILES string of the molecule is N#CC(C(=O)c1ccccc1[N+](=O)[O-])c1ccccc1F. The van der Waals surface area contributed by atoms with Gasteiger partial charge in [0.25, 0.3) is 5.69 Å². The van der Waals surface area contributed by atoms with Gasteiger partial charge in [-0.2, -0.15) is 5.26 Å². The molecule has 0 aliphatic heterocycles. The Labute approximate surface area is 119 Å². The van der Waals surface area contributed by atoms with Gasteiger partial charge >= 0.3 is 0 Å². The van der Waals surface area contributed by atoms with E-state index in [-0.39, 0.29) is 11.1 Å². The maximum absolute atomic E-state index is 13.7. The molecule has 6 heteroatoms. The molecule has 0 aliphatic carbocycles. The highest BCUT2D eigenvalue weighted by molar-refractivity contribution is 6.05. The molecule has 1 atom stereocenters. The number of nitro benzene ring substituents is 1. The number of carbonyl (C=O) groups excluding carboxylic acids is 1. The van der Waals surface area contributed by atoms with Gasteiger partial charge in [0.15, 0.2) is 5.78 Å². The van der Waals surface area contributed by atoms with Crippen LogP contribution in [0.25, 0.3) is 0 Å². The molecule has 104 valence electrons. The summed E-state index contributed by atoms with van der Waals surface area (Å²) in [5.41, 5.74) is -0.709. The lowest BCUT2D eigenvalue weighted by Crippen LogP contribution is -2.14. The van der Waals surface area contributed by atoms with Crippen LogP contribution >= 0.6 is 0 Å². The first-order chi connectivity index (χ1) is 10.1. The van der Waals surface area contributed by atoms with E-state index in [0.29, 0.717) is 0 Å². The lowest BCUT2D eigenvalue weighted by atomic mass is 9.91. The zero-order chi connectivity index (χ0) is 15.4. The van der Waals surface area contributed by atoms with Crippen LogP contribution in [0, 0.1) is 27.3 Å². The van der Waals surface area contributed by atoms with E-state index in [2.05, 4.69) is 0 Å². The van der Waals surface area contributed by atoms with E-state index in [1.165, 1.54) is 42.5 Å². The quantitative estimate of drug-likeness (QED) is 0.490. The predicted molar refractivity (Wildman–Crippen MR) is 72.2 cm³/mol. The molecule has 0 bridgehead atoms. The fraction of sp³-hybridized carbons (Fsp3) is 0.0667. The smallest absolute Gasteiger partial charge is 0.280 e. The van der Waals surface area contributed by atoms with E-state index >= 15 is 0 Å². The average Bonchev–Trinajstić information content (AvgIpc) is 2.49. The summed E-state index contributed by atoms with van der Waals surface area (Å²) in [6.07, 6.45) is 0. The number of para-hydroxylation sites is 1. The first kappa shape index (κ1) is 14.3. The number of Topliss-reactive ketones (excluding diaryl/α,β-unsaturated/α-hetero) is 1. The summed E-state index contributed by atoms with van der Waals surface area (Å²) in [4.78, 5) is 22.6.